The largest absolute Gasteiger partial charge is 0.462 e. The van der Waals surface area contributed by atoms with Crippen molar-refractivity contribution in [3.8, 4) is 0 Å². The molecule has 398 valence electrons. The maximum Gasteiger partial charge on any atom is 0.306 e. The topological polar surface area (TPSA) is 78.9 Å². The van der Waals surface area contributed by atoms with Crippen LogP contribution in [0.5, 0.6) is 0 Å². The highest BCUT2D eigenvalue weighted by molar-refractivity contribution is 5.71. The van der Waals surface area contributed by atoms with Crippen molar-refractivity contribution >= 4 is 17.9 Å². The molecule has 0 radical (unpaired) electrons. The number of rotatable bonds is 55. The van der Waals surface area contributed by atoms with Crippen LogP contribution in [-0.4, -0.2) is 37.2 Å². The third-order valence-corrected chi connectivity index (χ3v) is 14.0. The third kappa shape index (κ3) is 55.2. The molecule has 0 saturated carbocycles. The molecule has 67 heavy (non-hydrogen) atoms. The molecule has 0 aliphatic carbocycles. The van der Waals surface area contributed by atoms with Gasteiger partial charge in [-0.25, -0.2) is 0 Å². The van der Waals surface area contributed by atoms with Gasteiger partial charge >= 0.3 is 17.9 Å². The van der Waals surface area contributed by atoms with E-state index in [1.165, 1.54) is 231 Å². The van der Waals surface area contributed by atoms with Crippen LogP contribution in [0, 0.1) is 11.8 Å². The predicted octanol–water partition coefficient (Wildman–Crippen LogP) is 20.0. The fourth-order valence-electron chi connectivity index (χ4n) is 9.40. The van der Waals surface area contributed by atoms with E-state index in [0.717, 1.165) is 69.6 Å². The second-order valence-corrected chi connectivity index (χ2v) is 21.9. The van der Waals surface area contributed by atoms with E-state index in [1.54, 1.807) is 0 Å². The molecule has 0 amide bonds. The number of ether oxygens (including phenoxy) is 3. The summed E-state index contributed by atoms with van der Waals surface area (Å²) < 4.78 is 16.9. The quantitative estimate of drug-likeness (QED) is 0.0343. The van der Waals surface area contributed by atoms with E-state index in [0.29, 0.717) is 19.3 Å². The summed E-state index contributed by atoms with van der Waals surface area (Å²) in [6.07, 6.45) is 58.2. The number of esters is 3. The average Bonchev–Trinajstić information content (AvgIpc) is 3.30. The lowest BCUT2D eigenvalue weighted by Gasteiger charge is -2.18. The molecule has 0 spiro atoms. The van der Waals surface area contributed by atoms with Crippen molar-refractivity contribution in [2.24, 2.45) is 11.8 Å². The van der Waals surface area contributed by atoms with Crippen molar-refractivity contribution in [1.29, 1.82) is 0 Å². The highest BCUT2D eigenvalue weighted by Crippen LogP contribution is 2.18. The Hall–Kier alpha value is -1.59. The Balaban J connectivity index is 4.24. The summed E-state index contributed by atoms with van der Waals surface area (Å²) in [6, 6.07) is 0. The average molecular weight is 948 g/mol. The lowest BCUT2D eigenvalue weighted by Crippen LogP contribution is -2.30. The highest BCUT2D eigenvalue weighted by atomic mass is 16.6. The molecule has 1 atom stereocenters. The van der Waals surface area contributed by atoms with Crippen molar-refractivity contribution < 1.29 is 28.6 Å². The predicted molar refractivity (Wildman–Crippen MR) is 289 cm³/mol. The van der Waals surface area contributed by atoms with Crippen LogP contribution in [-0.2, 0) is 28.6 Å². The molecule has 0 aromatic carbocycles. The van der Waals surface area contributed by atoms with Crippen LogP contribution in [0.1, 0.15) is 343 Å². The third-order valence-electron chi connectivity index (χ3n) is 14.0. The van der Waals surface area contributed by atoms with Gasteiger partial charge in [0.1, 0.15) is 13.2 Å². The zero-order valence-electron chi connectivity index (χ0n) is 46.0. The minimum Gasteiger partial charge on any atom is -0.462 e. The van der Waals surface area contributed by atoms with Crippen LogP contribution in [0.15, 0.2) is 0 Å². The Bertz CT molecular complexity index is 1020. The molecule has 6 heteroatoms. The molecule has 0 aliphatic rings. The van der Waals surface area contributed by atoms with Crippen molar-refractivity contribution in [3.05, 3.63) is 0 Å². The maximum absolute atomic E-state index is 12.9. The number of carbonyl (C=O) groups is 3. The van der Waals surface area contributed by atoms with E-state index in [-0.39, 0.29) is 31.1 Å². The molecular formula is C61H118O6. The van der Waals surface area contributed by atoms with E-state index in [1.807, 2.05) is 0 Å². The fourth-order valence-corrected chi connectivity index (χ4v) is 9.40. The van der Waals surface area contributed by atoms with Gasteiger partial charge in [-0.2, -0.15) is 0 Å². The number of unbranched alkanes of at least 4 members (excludes halogenated alkanes) is 40. The molecule has 0 saturated heterocycles. The molecule has 6 nitrogen and oxygen atoms in total. The van der Waals surface area contributed by atoms with Gasteiger partial charge in [0.25, 0.3) is 0 Å². The zero-order valence-corrected chi connectivity index (χ0v) is 46.0. The van der Waals surface area contributed by atoms with Gasteiger partial charge in [0.05, 0.1) is 0 Å². The van der Waals surface area contributed by atoms with E-state index in [9.17, 15) is 14.4 Å². The molecule has 0 heterocycles. The number of hydrogen-bond donors (Lipinski definition) is 0. The van der Waals surface area contributed by atoms with Crippen LogP contribution in [0.3, 0.4) is 0 Å². The van der Waals surface area contributed by atoms with Gasteiger partial charge in [-0.15, -0.1) is 0 Å². The molecule has 0 unspecified atom stereocenters. The van der Waals surface area contributed by atoms with Gasteiger partial charge in [-0.05, 0) is 31.1 Å². The first kappa shape index (κ1) is 65.4. The summed E-state index contributed by atoms with van der Waals surface area (Å²) in [6.45, 7) is 11.4. The molecule has 0 rings (SSSR count). The Morgan fingerprint density at radius 2 is 0.493 bits per heavy atom. The minimum atomic E-state index is -0.763. The monoisotopic (exact) mass is 947 g/mol. The lowest BCUT2D eigenvalue weighted by atomic mass is 10.0. The maximum atomic E-state index is 12.9. The van der Waals surface area contributed by atoms with Gasteiger partial charge in [-0.3, -0.25) is 14.4 Å². The van der Waals surface area contributed by atoms with Gasteiger partial charge in [0.2, 0.25) is 0 Å². The number of carbonyl (C=O) groups excluding carboxylic acids is 3. The standard InChI is InChI=1S/C61H118O6/c1-6-7-8-9-10-11-12-13-14-20-24-27-32-38-43-48-53-61(64)67-58(55-66-60(63)52-47-42-37-33-28-30-35-40-45-50-57(4)5)54-65-59(62)51-46-41-36-31-26-23-21-18-16-15-17-19-22-25-29-34-39-44-49-56(2)3/h56-58H,6-55H2,1-5H3/t58-/m1/s1. The second-order valence-electron chi connectivity index (χ2n) is 21.9. The van der Waals surface area contributed by atoms with E-state index in [4.69, 9.17) is 14.2 Å². The van der Waals surface area contributed by atoms with E-state index < -0.39 is 6.10 Å². The molecule has 0 N–H and O–H groups in total. The van der Waals surface area contributed by atoms with Crippen molar-refractivity contribution in [2.75, 3.05) is 13.2 Å². The highest BCUT2D eigenvalue weighted by Gasteiger charge is 2.19. The molecule has 0 aliphatic heterocycles. The van der Waals surface area contributed by atoms with Crippen LogP contribution in [0.4, 0.5) is 0 Å². The van der Waals surface area contributed by atoms with Gasteiger partial charge in [0, 0.05) is 19.3 Å². The van der Waals surface area contributed by atoms with E-state index >= 15 is 0 Å². The van der Waals surface area contributed by atoms with Crippen LogP contribution >= 0.6 is 0 Å². The fraction of sp³-hybridized carbons (Fsp3) is 0.951. The molecule has 0 aromatic heterocycles. The smallest absolute Gasteiger partial charge is 0.306 e. The lowest BCUT2D eigenvalue weighted by molar-refractivity contribution is -0.167. The zero-order chi connectivity index (χ0) is 48.9. The van der Waals surface area contributed by atoms with Crippen molar-refractivity contribution in [1.82, 2.24) is 0 Å². The Morgan fingerprint density at radius 1 is 0.284 bits per heavy atom. The SMILES string of the molecule is CCCCCCCCCCCCCCCCCCC(=O)O[C@H](COC(=O)CCCCCCCCCCCCCCCCCCCCC(C)C)COC(=O)CCCCCCCCCCCC(C)C. The summed E-state index contributed by atoms with van der Waals surface area (Å²) >= 11 is 0. The molecular weight excluding hydrogens is 829 g/mol. The van der Waals surface area contributed by atoms with Gasteiger partial charge < -0.3 is 14.2 Å². The van der Waals surface area contributed by atoms with Crippen LogP contribution in [0.2, 0.25) is 0 Å². The first-order chi connectivity index (χ1) is 32.7. The Morgan fingerprint density at radius 3 is 0.731 bits per heavy atom. The van der Waals surface area contributed by atoms with Crippen LogP contribution in [0.25, 0.3) is 0 Å². The molecule has 0 bridgehead atoms. The Labute approximate surface area is 418 Å². The Kier molecular flexibility index (Phi) is 52.5. The first-order valence-corrected chi connectivity index (χ1v) is 30.2. The summed E-state index contributed by atoms with van der Waals surface area (Å²) in [4.78, 5) is 38.2. The first-order valence-electron chi connectivity index (χ1n) is 30.2. The minimum absolute atomic E-state index is 0.0625. The van der Waals surface area contributed by atoms with Crippen molar-refractivity contribution in [3.63, 3.8) is 0 Å². The number of hydrogen-bond acceptors (Lipinski definition) is 6. The van der Waals surface area contributed by atoms with Gasteiger partial charge in [0.15, 0.2) is 6.10 Å². The molecule has 0 aromatic rings. The summed E-state index contributed by atoms with van der Waals surface area (Å²) in [5.41, 5.74) is 0. The summed E-state index contributed by atoms with van der Waals surface area (Å²) in [7, 11) is 0. The van der Waals surface area contributed by atoms with Crippen molar-refractivity contribution in [2.45, 2.75) is 349 Å². The van der Waals surface area contributed by atoms with Crippen LogP contribution < -0.4 is 0 Å². The second kappa shape index (κ2) is 53.8. The van der Waals surface area contributed by atoms with E-state index in [2.05, 4.69) is 34.6 Å². The summed E-state index contributed by atoms with van der Waals surface area (Å²) in [5.74, 6) is 0.830. The normalized spacial score (nSPS) is 12.0. The van der Waals surface area contributed by atoms with Gasteiger partial charge in [-0.1, -0.05) is 304 Å². The molecule has 0 fully saturated rings. The summed E-state index contributed by atoms with van der Waals surface area (Å²) in [5, 5.41) is 0.